The Morgan fingerprint density at radius 1 is 1.31 bits per heavy atom. The molecule has 1 saturated heterocycles. The number of Topliss-reactive ketones (excluding diaryl/α,β-unsaturated/α-hetero) is 1. The Labute approximate surface area is 170 Å². The highest BCUT2D eigenvalue weighted by molar-refractivity contribution is 5.86. The van der Waals surface area contributed by atoms with Crippen LogP contribution in [0, 0.1) is 5.92 Å². The molecule has 0 amide bonds. The molecular formula is C22H28N6O. The van der Waals surface area contributed by atoms with Crippen LogP contribution in [0.5, 0.6) is 0 Å². The van der Waals surface area contributed by atoms with Crippen molar-refractivity contribution >= 4 is 28.3 Å². The van der Waals surface area contributed by atoms with Crippen LogP contribution in [0.1, 0.15) is 44.6 Å². The number of nitrogens with one attached hydrogen (secondary N) is 2. The number of piperidine rings is 1. The van der Waals surface area contributed by atoms with Gasteiger partial charge in [-0.3, -0.25) is 9.89 Å². The van der Waals surface area contributed by atoms with Crippen molar-refractivity contribution in [1.29, 1.82) is 0 Å². The zero-order valence-electron chi connectivity index (χ0n) is 17.1. The smallest absolute Gasteiger partial charge is 0.160 e. The van der Waals surface area contributed by atoms with Crippen LogP contribution in [0.25, 0.3) is 11.0 Å². The molecule has 0 bridgehead atoms. The van der Waals surface area contributed by atoms with Crippen LogP contribution < -0.4 is 10.2 Å². The average molecular weight is 393 g/mol. The Balaban J connectivity index is 1.36. The lowest BCUT2D eigenvalue weighted by atomic mass is 9.92. The number of aromatic nitrogens is 4. The fourth-order valence-corrected chi connectivity index (χ4v) is 4.18. The Kier molecular flexibility index (Phi) is 5.74. The van der Waals surface area contributed by atoms with Gasteiger partial charge in [0, 0.05) is 25.2 Å². The Morgan fingerprint density at radius 3 is 3.03 bits per heavy atom. The van der Waals surface area contributed by atoms with E-state index in [4.69, 9.17) is 0 Å². The topological polar surface area (TPSA) is 86.8 Å². The molecule has 4 rings (SSSR count). The first-order valence-corrected chi connectivity index (χ1v) is 10.4. The lowest BCUT2D eigenvalue weighted by Gasteiger charge is -2.33. The first-order chi connectivity index (χ1) is 14.1. The highest BCUT2D eigenvalue weighted by Gasteiger charge is 2.24. The predicted molar refractivity (Wildman–Crippen MR) is 115 cm³/mol. The SMILES string of the molecule is CC(C)c1ccccc1NCC(=O)C[C@@H]1CCCN(c2ncnc3[nH]ncc23)C1. The zero-order valence-corrected chi connectivity index (χ0v) is 17.1. The standard InChI is InChI=1S/C22H28N6O/c1-15(2)18-7-3-4-8-20(18)23-11-17(29)10-16-6-5-9-28(13-16)22-19-12-26-27-21(19)24-14-25-22/h3-4,7-8,12,14-16,23H,5-6,9-11,13H2,1-2H3,(H,24,25,26,27)/t16-/m0/s1. The van der Waals surface area contributed by atoms with Crippen molar-refractivity contribution in [2.45, 2.75) is 39.0 Å². The number of aromatic amines is 1. The number of benzene rings is 1. The number of anilines is 2. The summed E-state index contributed by atoms with van der Waals surface area (Å²) < 4.78 is 0. The van der Waals surface area contributed by atoms with E-state index < -0.39 is 0 Å². The highest BCUT2D eigenvalue weighted by atomic mass is 16.1. The summed E-state index contributed by atoms with van der Waals surface area (Å²) in [5, 5.41) is 11.3. The molecule has 2 N–H and O–H groups in total. The molecule has 7 nitrogen and oxygen atoms in total. The molecule has 1 aliphatic heterocycles. The molecule has 1 fully saturated rings. The van der Waals surface area contributed by atoms with Gasteiger partial charge in [0.25, 0.3) is 0 Å². The van der Waals surface area contributed by atoms with Gasteiger partial charge in [0.2, 0.25) is 0 Å². The van der Waals surface area contributed by atoms with Crippen LogP contribution in [0.4, 0.5) is 11.5 Å². The summed E-state index contributed by atoms with van der Waals surface area (Å²) in [6.07, 6.45) is 6.07. The van der Waals surface area contributed by atoms with E-state index in [1.54, 1.807) is 12.5 Å². The first kappa shape index (κ1) is 19.4. The normalized spacial score (nSPS) is 17.1. The molecule has 1 aliphatic rings. The van der Waals surface area contributed by atoms with Gasteiger partial charge in [-0.1, -0.05) is 32.0 Å². The first-order valence-electron chi connectivity index (χ1n) is 10.4. The van der Waals surface area contributed by atoms with Crippen molar-refractivity contribution in [3.05, 3.63) is 42.4 Å². The molecule has 29 heavy (non-hydrogen) atoms. The molecule has 0 unspecified atom stereocenters. The molecule has 3 heterocycles. The maximum Gasteiger partial charge on any atom is 0.160 e. The number of carbonyl (C=O) groups excluding carboxylic acids is 1. The minimum atomic E-state index is 0.256. The van der Waals surface area contributed by atoms with Crippen LogP contribution >= 0.6 is 0 Å². The van der Waals surface area contributed by atoms with Crippen molar-refractivity contribution < 1.29 is 4.79 Å². The second-order valence-electron chi connectivity index (χ2n) is 8.12. The van der Waals surface area contributed by atoms with Gasteiger partial charge in [-0.05, 0) is 36.3 Å². The lowest BCUT2D eigenvalue weighted by Crippen LogP contribution is -2.37. The molecule has 2 aromatic heterocycles. The number of para-hydroxylation sites is 1. The van der Waals surface area contributed by atoms with Crippen LogP contribution in [-0.4, -0.2) is 45.6 Å². The zero-order chi connectivity index (χ0) is 20.2. The summed E-state index contributed by atoms with van der Waals surface area (Å²) in [4.78, 5) is 23.6. The Morgan fingerprint density at radius 2 is 2.17 bits per heavy atom. The van der Waals surface area contributed by atoms with Gasteiger partial charge < -0.3 is 10.2 Å². The minimum absolute atomic E-state index is 0.256. The van der Waals surface area contributed by atoms with E-state index >= 15 is 0 Å². The van der Waals surface area contributed by atoms with Gasteiger partial charge in [-0.25, -0.2) is 9.97 Å². The van der Waals surface area contributed by atoms with Crippen LogP contribution in [-0.2, 0) is 4.79 Å². The minimum Gasteiger partial charge on any atom is -0.378 e. The monoisotopic (exact) mass is 392 g/mol. The number of hydrogen-bond acceptors (Lipinski definition) is 6. The number of H-pyrrole nitrogens is 1. The second-order valence-corrected chi connectivity index (χ2v) is 8.12. The third-order valence-electron chi connectivity index (χ3n) is 5.62. The maximum absolute atomic E-state index is 12.7. The summed E-state index contributed by atoms with van der Waals surface area (Å²) in [5.74, 6) is 1.93. The molecule has 0 aliphatic carbocycles. The Bertz CT molecular complexity index is 982. The number of carbonyl (C=O) groups is 1. The van der Waals surface area contributed by atoms with Crippen molar-refractivity contribution in [2.24, 2.45) is 5.92 Å². The second kappa shape index (κ2) is 8.59. The highest BCUT2D eigenvalue weighted by Crippen LogP contribution is 2.28. The van der Waals surface area contributed by atoms with Crippen LogP contribution in [0.3, 0.4) is 0 Å². The third-order valence-corrected chi connectivity index (χ3v) is 5.62. The van der Waals surface area contributed by atoms with Gasteiger partial charge in [-0.15, -0.1) is 0 Å². The van der Waals surface area contributed by atoms with Crippen LogP contribution in [0.15, 0.2) is 36.8 Å². The van der Waals surface area contributed by atoms with Gasteiger partial charge in [0.05, 0.1) is 18.1 Å². The Hall–Kier alpha value is -2.96. The molecule has 152 valence electrons. The van der Waals surface area contributed by atoms with Crippen molar-refractivity contribution in [1.82, 2.24) is 20.2 Å². The van der Waals surface area contributed by atoms with Crippen LogP contribution in [0.2, 0.25) is 0 Å². The summed E-state index contributed by atoms with van der Waals surface area (Å²) >= 11 is 0. The summed E-state index contributed by atoms with van der Waals surface area (Å²) in [6, 6.07) is 8.23. The van der Waals surface area contributed by atoms with E-state index in [1.165, 1.54) is 5.56 Å². The molecule has 0 saturated carbocycles. The summed E-state index contributed by atoms with van der Waals surface area (Å²) in [6.45, 7) is 6.50. The van der Waals surface area contributed by atoms with Gasteiger partial charge in [0.15, 0.2) is 11.4 Å². The number of nitrogens with zero attached hydrogens (tertiary/aromatic N) is 4. The molecule has 3 aromatic rings. The number of ketones is 1. The largest absolute Gasteiger partial charge is 0.378 e. The van der Waals surface area contributed by atoms with Crippen molar-refractivity contribution in [3.63, 3.8) is 0 Å². The quantitative estimate of drug-likeness (QED) is 0.637. The predicted octanol–water partition coefficient (Wildman–Crippen LogP) is 3.76. The van der Waals surface area contributed by atoms with E-state index in [-0.39, 0.29) is 5.78 Å². The lowest BCUT2D eigenvalue weighted by molar-refractivity contribution is -0.118. The van der Waals surface area contributed by atoms with Crippen molar-refractivity contribution in [3.8, 4) is 0 Å². The fourth-order valence-electron chi connectivity index (χ4n) is 4.18. The van der Waals surface area contributed by atoms with Crippen molar-refractivity contribution in [2.75, 3.05) is 29.9 Å². The van der Waals surface area contributed by atoms with Gasteiger partial charge >= 0.3 is 0 Å². The maximum atomic E-state index is 12.7. The molecule has 0 radical (unpaired) electrons. The fraction of sp³-hybridized carbons (Fsp3) is 0.455. The summed E-state index contributed by atoms with van der Waals surface area (Å²) in [7, 11) is 0. The van der Waals surface area contributed by atoms with E-state index in [0.29, 0.717) is 24.8 Å². The molecule has 7 heteroatoms. The van der Waals surface area contributed by atoms with E-state index in [0.717, 1.165) is 48.5 Å². The van der Waals surface area contributed by atoms with Gasteiger partial charge in [0.1, 0.15) is 12.1 Å². The molecular weight excluding hydrogens is 364 g/mol. The van der Waals surface area contributed by atoms with E-state index in [2.05, 4.69) is 56.4 Å². The number of hydrogen-bond donors (Lipinski definition) is 2. The third kappa shape index (κ3) is 4.39. The molecule has 1 atom stereocenters. The average Bonchev–Trinajstić information content (AvgIpc) is 3.21. The number of rotatable bonds is 7. The van der Waals surface area contributed by atoms with E-state index in [1.807, 2.05) is 12.1 Å². The summed E-state index contributed by atoms with van der Waals surface area (Å²) in [5.41, 5.74) is 3.06. The van der Waals surface area contributed by atoms with E-state index in [9.17, 15) is 4.79 Å². The molecule has 1 aromatic carbocycles. The van der Waals surface area contributed by atoms with Gasteiger partial charge in [-0.2, -0.15) is 5.10 Å². The number of fused-ring (bicyclic) bond motifs is 1. The molecule has 0 spiro atoms.